The van der Waals surface area contributed by atoms with Gasteiger partial charge in [-0.25, -0.2) is 13.1 Å². The highest BCUT2D eigenvalue weighted by Crippen LogP contribution is 2.22. The molecule has 0 aliphatic carbocycles. The Morgan fingerprint density at radius 1 is 1.33 bits per heavy atom. The van der Waals surface area contributed by atoms with Crippen LogP contribution < -0.4 is 21.1 Å². The van der Waals surface area contributed by atoms with Gasteiger partial charge in [-0.05, 0) is 31.2 Å². The summed E-state index contributed by atoms with van der Waals surface area (Å²) in [5.74, 6) is 0.236. The molecule has 0 fully saturated rings. The average Bonchev–Trinajstić information content (AvgIpc) is 2.43. The number of nitrogen functional groups attached to an aromatic ring is 1. The summed E-state index contributed by atoms with van der Waals surface area (Å²) >= 11 is 0. The van der Waals surface area contributed by atoms with Gasteiger partial charge in [-0.3, -0.25) is 4.79 Å². The number of rotatable bonds is 7. The van der Waals surface area contributed by atoms with Crippen LogP contribution >= 0.6 is 0 Å². The number of nitrogens with two attached hydrogens (primary N) is 1. The Morgan fingerprint density at radius 3 is 2.52 bits per heavy atom. The van der Waals surface area contributed by atoms with Crippen LogP contribution in [0.5, 0.6) is 0 Å². The van der Waals surface area contributed by atoms with Gasteiger partial charge in [0.25, 0.3) is 0 Å². The van der Waals surface area contributed by atoms with Crippen molar-refractivity contribution in [1.29, 1.82) is 0 Å². The second kappa shape index (κ2) is 7.28. The number of carbonyl (C=O) groups is 1. The van der Waals surface area contributed by atoms with E-state index in [4.69, 9.17) is 5.73 Å². The van der Waals surface area contributed by atoms with Crippen LogP contribution in [0.3, 0.4) is 0 Å². The predicted octanol–water partition coefficient (Wildman–Crippen LogP) is 0.361. The lowest BCUT2D eigenvalue weighted by molar-refractivity contribution is -0.119. The quantitative estimate of drug-likeness (QED) is 0.543. The fourth-order valence-corrected chi connectivity index (χ4v) is 2.31. The first-order valence-electron chi connectivity index (χ1n) is 6.60. The van der Waals surface area contributed by atoms with E-state index in [2.05, 4.69) is 15.4 Å². The van der Waals surface area contributed by atoms with Gasteiger partial charge in [0.2, 0.25) is 15.9 Å². The largest absolute Gasteiger partial charge is 0.397 e. The highest BCUT2D eigenvalue weighted by molar-refractivity contribution is 7.89. The average molecular weight is 314 g/mol. The molecule has 0 radical (unpaired) electrons. The van der Waals surface area contributed by atoms with Crippen LogP contribution in [0.2, 0.25) is 0 Å². The first kappa shape index (κ1) is 17.3. The van der Waals surface area contributed by atoms with E-state index in [1.54, 1.807) is 0 Å². The third-order valence-corrected chi connectivity index (χ3v) is 4.16. The Bertz CT molecular complexity index is 599. The molecule has 0 saturated carbocycles. The van der Waals surface area contributed by atoms with Gasteiger partial charge in [0.1, 0.15) is 0 Å². The zero-order chi connectivity index (χ0) is 16.0. The third-order valence-electron chi connectivity index (χ3n) is 2.75. The standard InChI is InChI=1S/C13H22N4O3S/c1-9(2)7-17-13(18)8-16-12-5-4-10(6-11(12)14)21(19,20)15-3/h4-6,9,15-16H,7-8,14H2,1-3H3,(H,17,18). The molecule has 8 heteroatoms. The Kier molecular flexibility index (Phi) is 5.98. The normalized spacial score (nSPS) is 11.4. The Hall–Kier alpha value is -1.80. The van der Waals surface area contributed by atoms with E-state index < -0.39 is 10.0 Å². The summed E-state index contributed by atoms with van der Waals surface area (Å²) in [6.07, 6.45) is 0. The number of carbonyl (C=O) groups excluding carboxylic acids is 1. The highest BCUT2D eigenvalue weighted by atomic mass is 32.2. The predicted molar refractivity (Wildman–Crippen MR) is 83.4 cm³/mol. The van der Waals surface area contributed by atoms with E-state index in [9.17, 15) is 13.2 Å². The first-order valence-corrected chi connectivity index (χ1v) is 8.08. The van der Waals surface area contributed by atoms with E-state index in [-0.39, 0.29) is 23.0 Å². The van der Waals surface area contributed by atoms with Crippen molar-refractivity contribution < 1.29 is 13.2 Å². The minimum absolute atomic E-state index is 0.0784. The van der Waals surface area contributed by atoms with E-state index in [0.29, 0.717) is 18.2 Å². The molecule has 0 spiro atoms. The number of hydrogen-bond acceptors (Lipinski definition) is 5. The maximum absolute atomic E-state index is 11.6. The summed E-state index contributed by atoms with van der Waals surface area (Å²) in [6, 6.07) is 4.31. The van der Waals surface area contributed by atoms with Gasteiger partial charge in [-0.1, -0.05) is 13.8 Å². The fourth-order valence-electron chi connectivity index (χ4n) is 1.54. The molecule has 0 aliphatic rings. The van der Waals surface area contributed by atoms with Gasteiger partial charge in [0, 0.05) is 6.54 Å². The maximum Gasteiger partial charge on any atom is 0.240 e. The van der Waals surface area contributed by atoms with Gasteiger partial charge in [-0.2, -0.15) is 0 Å². The van der Waals surface area contributed by atoms with Crippen molar-refractivity contribution in [2.24, 2.45) is 5.92 Å². The topological polar surface area (TPSA) is 113 Å². The molecule has 0 unspecified atom stereocenters. The van der Waals surface area contributed by atoms with E-state index in [1.807, 2.05) is 13.8 Å². The minimum Gasteiger partial charge on any atom is -0.397 e. The number of benzene rings is 1. The summed E-state index contributed by atoms with van der Waals surface area (Å²) in [5, 5.41) is 5.65. The van der Waals surface area contributed by atoms with Crippen molar-refractivity contribution in [3.63, 3.8) is 0 Å². The van der Waals surface area contributed by atoms with Crippen LogP contribution in [0.15, 0.2) is 23.1 Å². The van der Waals surface area contributed by atoms with Crippen molar-refractivity contribution in [2.75, 3.05) is 31.2 Å². The summed E-state index contributed by atoms with van der Waals surface area (Å²) in [6.45, 7) is 4.70. The number of nitrogens with one attached hydrogen (secondary N) is 3. The summed E-state index contributed by atoms with van der Waals surface area (Å²) in [4.78, 5) is 11.7. The van der Waals surface area contributed by atoms with Crippen molar-refractivity contribution in [3.05, 3.63) is 18.2 Å². The summed E-state index contributed by atoms with van der Waals surface area (Å²) in [7, 11) is -2.19. The lowest BCUT2D eigenvalue weighted by Crippen LogP contribution is -2.32. The zero-order valence-electron chi connectivity index (χ0n) is 12.4. The van der Waals surface area contributed by atoms with Crippen molar-refractivity contribution in [2.45, 2.75) is 18.7 Å². The smallest absolute Gasteiger partial charge is 0.240 e. The van der Waals surface area contributed by atoms with Crippen LogP contribution in [-0.2, 0) is 14.8 Å². The maximum atomic E-state index is 11.6. The van der Waals surface area contributed by atoms with Gasteiger partial charge in [-0.15, -0.1) is 0 Å². The fraction of sp³-hybridized carbons (Fsp3) is 0.462. The summed E-state index contributed by atoms with van der Waals surface area (Å²) in [5.41, 5.74) is 6.58. The van der Waals surface area contributed by atoms with Crippen LogP contribution in [0.25, 0.3) is 0 Å². The number of amides is 1. The lowest BCUT2D eigenvalue weighted by Gasteiger charge is -2.12. The van der Waals surface area contributed by atoms with E-state index in [1.165, 1.54) is 25.2 Å². The molecule has 1 rings (SSSR count). The lowest BCUT2D eigenvalue weighted by atomic mass is 10.2. The van der Waals surface area contributed by atoms with Gasteiger partial charge in [0.05, 0.1) is 22.8 Å². The van der Waals surface area contributed by atoms with Crippen LogP contribution in [-0.4, -0.2) is 34.5 Å². The van der Waals surface area contributed by atoms with Gasteiger partial charge < -0.3 is 16.4 Å². The summed E-state index contributed by atoms with van der Waals surface area (Å²) < 4.78 is 25.5. The molecule has 1 aromatic rings. The molecule has 7 nitrogen and oxygen atoms in total. The molecule has 0 saturated heterocycles. The zero-order valence-corrected chi connectivity index (χ0v) is 13.3. The molecule has 21 heavy (non-hydrogen) atoms. The molecule has 0 heterocycles. The molecule has 0 aliphatic heterocycles. The van der Waals surface area contributed by atoms with Crippen LogP contribution in [0.4, 0.5) is 11.4 Å². The second-order valence-corrected chi connectivity index (χ2v) is 6.89. The molecule has 1 amide bonds. The van der Waals surface area contributed by atoms with E-state index >= 15 is 0 Å². The number of sulfonamides is 1. The van der Waals surface area contributed by atoms with Crippen molar-refractivity contribution >= 4 is 27.3 Å². The van der Waals surface area contributed by atoms with Crippen LogP contribution in [0.1, 0.15) is 13.8 Å². The van der Waals surface area contributed by atoms with Gasteiger partial charge >= 0.3 is 0 Å². The second-order valence-electron chi connectivity index (χ2n) is 5.01. The number of anilines is 2. The SMILES string of the molecule is CNS(=O)(=O)c1ccc(NCC(=O)NCC(C)C)c(N)c1. The molecular weight excluding hydrogens is 292 g/mol. The number of hydrogen-bond donors (Lipinski definition) is 4. The molecule has 0 aromatic heterocycles. The molecule has 118 valence electrons. The monoisotopic (exact) mass is 314 g/mol. The Labute approximate surface area is 125 Å². The van der Waals surface area contributed by atoms with Gasteiger partial charge in [0.15, 0.2) is 0 Å². The first-order chi connectivity index (χ1) is 9.76. The highest BCUT2D eigenvalue weighted by Gasteiger charge is 2.13. The molecule has 0 atom stereocenters. The van der Waals surface area contributed by atoms with Crippen LogP contribution in [0, 0.1) is 5.92 Å². The van der Waals surface area contributed by atoms with Crippen molar-refractivity contribution in [1.82, 2.24) is 10.0 Å². The molecule has 1 aromatic carbocycles. The Morgan fingerprint density at radius 2 is 2.00 bits per heavy atom. The van der Waals surface area contributed by atoms with E-state index in [0.717, 1.165) is 0 Å². The minimum atomic E-state index is -3.52. The third kappa shape index (κ3) is 5.24. The molecule has 5 N–H and O–H groups in total. The molecule has 0 bridgehead atoms. The molecular formula is C13H22N4O3S. The Balaban J connectivity index is 2.68. The van der Waals surface area contributed by atoms with Crippen molar-refractivity contribution in [3.8, 4) is 0 Å².